The molecule has 1 aromatic carbocycles. The summed E-state index contributed by atoms with van der Waals surface area (Å²) in [5.74, 6) is 0.906. The quantitative estimate of drug-likeness (QED) is 0.813. The van der Waals surface area contributed by atoms with Crippen LogP contribution in [0, 0.1) is 17.2 Å². The number of hydrogen-bond acceptors (Lipinski definition) is 2. The summed E-state index contributed by atoms with van der Waals surface area (Å²) in [5, 5.41) is 8.74. The number of likely N-dealkylation sites (N-methyl/N-ethyl adjacent to an activating group) is 1. The number of amides is 1. The van der Waals surface area contributed by atoms with E-state index in [4.69, 9.17) is 5.26 Å². The van der Waals surface area contributed by atoms with E-state index in [2.05, 4.69) is 6.07 Å². The fourth-order valence-electron chi connectivity index (χ4n) is 2.38. The van der Waals surface area contributed by atoms with E-state index in [-0.39, 0.29) is 5.91 Å². The van der Waals surface area contributed by atoms with Crippen molar-refractivity contribution in [3.63, 3.8) is 0 Å². The largest absolute Gasteiger partial charge is 0.342 e. The Balaban J connectivity index is 1.91. The summed E-state index contributed by atoms with van der Waals surface area (Å²) >= 11 is 0. The van der Waals surface area contributed by atoms with Gasteiger partial charge in [-0.15, -0.1) is 0 Å². The van der Waals surface area contributed by atoms with Gasteiger partial charge in [-0.05, 0) is 43.4 Å². The first kappa shape index (κ1) is 13.6. The first-order chi connectivity index (χ1) is 9.22. The van der Waals surface area contributed by atoms with E-state index >= 15 is 0 Å². The summed E-state index contributed by atoms with van der Waals surface area (Å²) in [6.07, 6.45) is 4.28. The van der Waals surface area contributed by atoms with Crippen molar-refractivity contribution in [3.05, 3.63) is 35.4 Å². The van der Waals surface area contributed by atoms with Gasteiger partial charge in [-0.3, -0.25) is 4.79 Å². The first-order valence-electron chi connectivity index (χ1n) is 6.99. The van der Waals surface area contributed by atoms with Crippen LogP contribution >= 0.6 is 0 Å². The maximum absolute atomic E-state index is 12.2. The molecule has 0 aromatic heterocycles. The van der Waals surface area contributed by atoms with E-state index in [0.29, 0.717) is 17.9 Å². The smallest absolute Gasteiger partial charge is 0.226 e. The molecule has 0 saturated heterocycles. The van der Waals surface area contributed by atoms with Crippen molar-refractivity contribution in [3.8, 4) is 6.07 Å². The maximum Gasteiger partial charge on any atom is 0.226 e. The van der Waals surface area contributed by atoms with Crippen LogP contribution in [-0.2, 0) is 11.2 Å². The van der Waals surface area contributed by atoms with Crippen molar-refractivity contribution in [1.29, 1.82) is 5.26 Å². The molecule has 0 radical (unpaired) electrons. The zero-order chi connectivity index (χ0) is 13.7. The maximum atomic E-state index is 12.2. The number of benzene rings is 1. The van der Waals surface area contributed by atoms with E-state index in [1.807, 2.05) is 24.0 Å². The molecule has 0 bridgehead atoms. The Morgan fingerprint density at radius 3 is 2.53 bits per heavy atom. The molecule has 0 heterocycles. The molecule has 1 saturated carbocycles. The Morgan fingerprint density at radius 1 is 1.37 bits per heavy atom. The van der Waals surface area contributed by atoms with Gasteiger partial charge in [0.1, 0.15) is 0 Å². The monoisotopic (exact) mass is 256 g/mol. The van der Waals surface area contributed by atoms with Gasteiger partial charge < -0.3 is 4.90 Å². The van der Waals surface area contributed by atoms with Gasteiger partial charge in [0.2, 0.25) is 5.91 Å². The molecule has 1 aliphatic carbocycles. The normalized spacial score (nSPS) is 14.5. The van der Waals surface area contributed by atoms with Gasteiger partial charge in [0.15, 0.2) is 0 Å². The molecular weight excluding hydrogens is 236 g/mol. The van der Waals surface area contributed by atoms with Crippen LogP contribution in [0.3, 0.4) is 0 Å². The Bertz CT molecular complexity index is 469. The summed E-state index contributed by atoms with van der Waals surface area (Å²) in [7, 11) is 0. The Labute approximate surface area is 114 Å². The van der Waals surface area contributed by atoms with Gasteiger partial charge in [0.25, 0.3) is 0 Å². The number of hydrogen-bond donors (Lipinski definition) is 0. The van der Waals surface area contributed by atoms with Crippen LogP contribution in [0.1, 0.15) is 37.3 Å². The van der Waals surface area contributed by atoms with Crippen molar-refractivity contribution in [2.75, 3.05) is 13.1 Å². The van der Waals surface area contributed by atoms with Crippen molar-refractivity contribution in [2.45, 2.75) is 32.6 Å². The van der Waals surface area contributed by atoms with Crippen molar-refractivity contribution >= 4 is 5.91 Å². The van der Waals surface area contributed by atoms with Crippen LogP contribution in [0.4, 0.5) is 0 Å². The van der Waals surface area contributed by atoms with E-state index < -0.39 is 0 Å². The number of nitrogens with zero attached hydrogens (tertiary/aromatic N) is 2. The molecule has 1 fully saturated rings. The van der Waals surface area contributed by atoms with Gasteiger partial charge in [-0.25, -0.2) is 0 Å². The molecule has 3 heteroatoms. The highest BCUT2D eigenvalue weighted by Gasteiger charge is 2.22. The molecule has 3 nitrogen and oxygen atoms in total. The van der Waals surface area contributed by atoms with E-state index in [1.165, 1.54) is 19.3 Å². The van der Waals surface area contributed by atoms with Gasteiger partial charge in [-0.1, -0.05) is 18.6 Å². The van der Waals surface area contributed by atoms with E-state index in [0.717, 1.165) is 18.7 Å². The second-order valence-electron chi connectivity index (χ2n) is 5.21. The van der Waals surface area contributed by atoms with Crippen molar-refractivity contribution < 1.29 is 4.79 Å². The van der Waals surface area contributed by atoms with Crippen LogP contribution in [-0.4, -0.2) is 23.9 Å². The lowest BCUT2D eigenvalue weighted by Crippen LogP contribution is -2.38. The number of carbonyl (C=O) groups is 1. The molecule has 1 amide bonds. The molecule has 2 rings (SSSR count). The topological polar surface area (TPSA) is 44.1 Å². The number of nitriles is 1. The minimum absolute atomic E-state index is 0.194. The molecule has 0 spiro atoms. The molecule has 19 heavy (non-hydrogen) atoms. The summed E-state index contributed by atoms with van der Waals surface area (Å²) < 4.78 is 0. The molecular formula is C16H20N2O. The molecule has 1 aromatic rings. The Hall–Kier alpha value is -1.82. The summed E-state index contributed by atoms with van der Waals surface area (Å²) in [5.41, 5.74) is 1.62. The minimum Gasteiger partial charge on any atom is -0.342 e. The van der Waals surface area contributed by atoms with E-state index in [9.17, 15) is 4.79 Å². The SMILES string of the molecule is CCN(CC1CCC1)C(=O)Cc1ccc(C#N)cc1. The fraction of sp³-hybridized carbons (Fsp3) is 0.500. The van der Waals surface area contributed by atoms with Crippen LogP contribution < -0.4 is 0 Å². The number of carbonyl (C=O) groups excluding carboxylic acids is 1. The van der Waals surface area contributed by atoms with Gasteiger partial charge in [0.05, 0.1) is 18.1 Å². The standard InChI is InChI=1S/C16H20N2O/c1-2-18(12-15-4-3-5-15)16(19)10-13-6-8-14(11-17)9-7-13/h6-9,15H,2-5,10,12H2,1H3. The predicted molar refractivity (Wildman–Crippen MR) is 74.5 cm³/mol. The average molecular weight is 256 g/mol. The highest BCUT2D eigenvalue weighted by molar-refractivity contribution is 5.78. The van der Waals surface area contributed by atoms with Gasteiger partial charge in [-0.2, -0.15) is 5.26 Å². The highest BCUT2D eigenvalue weighted by Crippen LogP contribution is 2.27. The summed E-state index contributed by atoms with van der Waals surface area (Å²) in [6.45, 7) is 3.73. The summed E-state index contributed by atoms with van der Waals surface area (Å²) in [4.78, 5) is 14.2. The predicted octanol–water partition coefficient (Wildman–Crippen LogP) is 2.75. The number of rotatable bonds is 5. The molecule has 0 N–H and O–H groups in total. The van der Waals surface area contributed by atoms with Gasteiger partial charge >= 0.3 is 0 Å². The Morgan fingerprint density at radius 2 is 2.05 bits per heavy atom. The first-order valence-corrected chi connectivity index (χ1v) is 6.99. The lowest BCUT2D eigenvalue weighted by Gasteiger charge is -2.31. The lowest BCUT2D eigenvalue weighted by molar-refractivity contribution is -0.131. The van der Waals surface area contributed by atoms with Gasteiger partial charge in [0, 0.05) is 13.1 Å². The average Bonchev–Trinajstić information content (AvgIpc) is 2.38. The molecule has 100 valence electrons. The van der Waals surface area contributed by atoms with Crippen LogP contribution in [0.15, 0.2) is 24.3 Å². The summed E-state index contributed by atoms with van der Waals surface area (Å²) in [6, 6.07) is 9.36. The minimum atomic E-state index is 0.194. The van der Waals surface area contributed by atoms with Crippen LogP contribution in [0.25, 0.3) is 0 Å². The molecule has 0 unspecified atom stereocenters. The van der Waals surface area contributed by atoms with Crippen molar-refractivity contribution in [1.82, 2.24) is 4.90 Å². The third-order valence-corrected chi connectivity index (χ3v) is 3.88. The molecule has 0 aliphatic heterocycles. The molecule has 1 aliphatic rings. The third-order valence-electron chi connectivity index (χ3n) is 3.88. The zero-order valence-corrected chi connectivity index (χ0v) is 11.4. The second-order valence-corrected chi connectivity index (χ2v) is 5.21. The van der Waals surface area contributed by atoms with Crippen LogP contribution in [0.2, 0.25) is 0 Å². The lowest BCUT2D eigenvalue weighted by atomic mass is 9.85. The second kappa shape index (κ2) is 6.38. The van der Waals surface area contributed by atoms with Crippen molar-refractivity contribution in [2.24, 2.45) is 5.92 Å². The fourth-order valence-corrected chi connectivity index (χ4v) is 2.38. The molecule has 0 atom stereocenters. The van der Waals surface area contributed by atoms with E-state index in [1.54, 1.807) is 12.1 Å². The zero-order valence-electron chi connectivity index (χ0n) is 11.4. The Kier molecular flexibility index (Phi) is 4.57. The van der Waals surface area contributed by atoms with Crippen LogP contribution in [0.5, 0.6) is 0 Å². The third kappa shape index (κ3) is 3.57. The highest BCUT2D eigenvalue weighted by atomic mass is 16.2.